The highest BCUT2D eigenvalue weighted by Gasteiger charge is 2.40. The molecule has 21 heavy (non-hydrogen) atoms. The number of piperazine rings is 1. The number of hydrogen-bond donors (Lipinski definition) is 2. The van der Waals surface area contributed by atoms with Crippen molar-refractivity contribution in [2.75, 3.05) is 19.6 Å². The first-order valence-corrected chi connectivity index (χ1v) is 6.85. The van der Waals surface area contributed by atoms with Gasteiger partial charge in [0.2, 0.25) is 11.8 Å². The van der Waals surface area contributed by atoms with Crippen LogP contribution in [0.15, 0.2) is 30.3 Å². The standard InChI is InChI=1S/C15H19N3O3/c1-15(2)14(21)16-8-9-18(15)12(19)10-17-13(20)11-6-4-3-5-7-11/h3-7H,8-10H2,1-2H3,(H,16,21)(H,17,20). The SMILES string of the molecule is CC1(C)C(=O)NCCN1C(=O)CNC(=O)c1ccccc1. The zero-order valence-electron chi connectivity index (χ0n) is 12.2. The molecule has 2 rings (SSSR count). The average Bonchev–Trinajstić information content (AvgIpc) is 2.48. The van der Waals surface area contributed by atoms with Crippen LogP contribution in [-0.2, 0) is 9.59 Å². The molecular formula is C15H19N3O3. The second-order valence-corrected chi connectivity index (χ2v) is 5.41. The Bertz CT molecular complexity index is 555. The molecule has 1 aromatic rings. The minimum absolute atomic E-state index is 0.121. The van der Waals surface area contributed by atoms with Crippen LogP contribution in [0.4, 0.5) is 0 Å². The molecule has 2 N–H and O–H groups in total. The van der Waals surface area contributed by atoms with E-state index in [0.29, 0.717) is 18.7 Å². The number of carbonyl (C=O) groups is 3. The zero-order chi connectivity index (χ0) is 15.5. The fourth-order valence-corrected chi connectivity index (χ4v) is 2.28. The number of benzene rings is 1. The molecule has 1 aromatic carbocycles. The van der Waals surface area contributed by atoms with Gasteiger partial charge in [-0.05, 0) is 26.0 Å². The first-order chi connectivity index (χ1) is 9.93. The van der Waals surface area contributed by atoms with Crippen molar-refractivity contribution in [3.05, 3.63) is 35.9 Å². The fourth-order valence-electron chi connectivity index (χ4n) is 2.28. The molecule has 0 saturated carbocycles. The highest BCUT2D eigenvalue weighted by atomic mass is 16.2. The van der Waals surface area contributed by atoms with Crippen LogP contribution in [-0.4, -0.2) is 47.8 Å². The van der Waals surface area contributed by atoms with Gasteiger partial charge in [0.15, 0.2) is 0 Å². The number of amides is 3. The smallest absolute Gasteiger partial charge is 0.251 e. The molecule has 1 heterocycles. The summed E-state index contributed by atoms with van der Waals surface area (Å²) < 4.78 is 0. The topological polar surface area (TPSA) is 78.5 Å². The van der Waals surface area contributed by atoms with Gasteiger partial charge in [0.1, 0.15) is 5.54 Å². The van der Waals surface area contributed by atoms with Gasteiger partial charge in [-0.25, -0.2) is 0 Å². The maximum Gasteiger partial charge on any atom is 0.251 e. The van der Waals surface area contributed by atoms with Crippen molar-refractivity contribution in [2.24, 2.45) is 0 Å². The Morgan fingerprint density at radius 3 is 2.62 bits per heavy atom. The van der Waals surface area contributed by atoms with Crippen LogP contribution in [0.2, 0.25) is 0 Å². The van der Waals surface area contributed by atoms with Crippen LogP contribution < -0.4 is 10.6 Å². The predicted octanol–water partition coefficient (Wildman–Crippen LogP) is 0.153. The van der Waals surface area contributed by atoms with E-state index in [0.717, 1.165) is 0 Å². The number of nitrogens with one attached hydrogen (secondary N) is 2. The van der Waals surface area contributed by atoms with E-state index in [1.807, 2.05) is 6.07 Å². The van der Waals surface area contributed by atoms with Crippen molar-refractivity contribution >= 4 is 17.7 Å². The summed E-state index contributed by atoms with van der Waals surface area (Å²) in [6.45, 7) is 4.14. The van der Waals surface area contributed by atoms with Gasteiger partial charge in [0.05, 0.1) is 6.54 Å². The lowest BCUT2D eigenvalue weighted by atomic mass is 9.99. The molecule has 6 heteroatoms. The predicted molar refractivity (Wildman–Crippen MR) is 77.6 cm³/mol. The first kappa shape index (κ1) is 15.0. The van der Waals surface area contributed by atoms with Gasteiger partial charge in [-0.2, -0.15) is 0 Å². The molecule has 0 aliphatic carbocycles. The summed E-state index contributed by atoms with van der Waals surface area (Å²) in [5, 5.41) is 5.31. The van der Waals surface area contributed by atoms with Gasteiger partial charge < -0.3 is 15.5 Å². The van der Waals surface area contributed by atoms with Gasteiger partial charge in [0, 0.05) is 18.7 Å². The quantitative estimate of drug-likeness (QED) is 0.831. The van der Waals surface area contributed by atoms with Crippen molar-refractivity contribution < 1.29 is 14.4 Å². The summed E-state index contributed by atoms with van der Waals surface area (Å²) >= 11 is 0. The Balaban J connectivity index is 1.96. The largest absolute Gasteiger partial charge is 0.352 e. The average molecular weight is 289 g/mol. The lowest BCUT2D eigenvalue weighted by Crippen LogP contribution is -2.64. The zero-order valence-corrected chi connectivity index (χ0v) is 12.2. The minimum Gasteiger partial charge on any atom is -0.352 e. The van der Waals surface area contributed by atoms with E-state index in [9.17, 15) is 14.4 Å². The number of rotatable bonds is 3. The van der Waals surface area contributed by atoms with Crippen molar-refractivity contribution in [2.45, 2.75) is 19.4 Å². The molecule has 1 aliphatic heterocycles. The van der Waals surface area contributed by atoms with Crippen molar-refractivity contribution in [3.8, 4) is 0 Å². The van der Waals surface area contributed by atoms with Crippen molar-refractivity contribution in [3.63, 3.8) is 0 Å². The molecule has 112 valence electrons. The van der Waals surface area contributed by atoms with Gasteiger partial charge >= 0.3 is 0 Å². The third-order valence-electron chi connectivity index (χ3n) is 3.59. The van der Waals surface area contributed by atoms with E-state index >= 15 is 0 Å². The summed E-state index contributed by atoms with van der Waals surface area (Å²) in [7, 11) is 0. The minimum atomic E-state index is -0.896. The monoisotopic (exact) mass is 289 g/mol. The van der Waals surface area contributed by atoms with Gasteiger partial charge in [-0.1, -0.05) is 18.2 Å². The Morgan fingerprint density at radius 2 is 1.95 bits per heavy atom. The molecule has 0 spiro atoms. The Morgan fingerprint density at radius 1 is 1.29 bits per heavy atom. The van der Waals surface area contributed by atoms with Crippen molar-refractivity contribution in [1.29, 1.82) is 0 Å². The van der Waals surface area contributed by atoms with E-state index in [-0.39, 0.29) is 24.3 Å². The maximum absolute atomic E-state index is 12.2. The van der Waals surface area contributed by atoms with E-state index in [2.05, 4.69) is 10.6 Å². The molecule has 0 radical (unpaired) electrons. The van der Waals surface area contributed by atoms with Gasteiger partial charge in [-0.3, -0.25) is 14.4 Å². The molecule has 3 amide bonds. The second-order valence-electron chi connectivity index (χ2n) is 5.41. The lowest BCUT2D eigenvalue weighted by molar-refractivity contribution is -0.148. The number of nitrogens with zero attached hydrogens (tertiary/aromatic N) is 1. The van der Waals surface area contributed by atoms with E-state index in [1.54, 1.807) is 38.1 Å². The molecule has 0 unspecified atom stereocenters. The Kier molecular flexibility index (Phi) is 4.26. The molecule has 1 aliphatic rings. The Labute approximate surface area is 123 Å². The van der Waals surface area contributed by atoms with Crippen molar-refractivity contribution in [1.82, 2.24) is 15.5 Å². The maximum atomic E-state index is 12.2. The third-order valence-corrected chi connectivity index (χ3v) is 3.59. The lowest BCUT2D eigenvalue weighted by Gasteiger charge is -2.41. The summed E-state index contributed by atoms with van der Waals surface area (Å²) in [5.41, 5.74) is -0.395. The molecule has 0 atom stereocenters. The summed E-state index contributed by atoms with van der Waals surface area (Å²) in [4.78, 5) is 37.4. The van der Waals surface area contributed by atoms with E-state index in [1.165, 1.54) is 4.90 Å². The van der Waals surface area contributed by atoms with Crippen LogP contribution in [0.5, 0.6) is 0 Å². The summed E-state index contributed by atoms with van der Waals surface area (Å²) in [6, 6.07) is 8.69. The van der Waals surface area contributed by atoms with Crippen LogP contribution in [0.25, 0.3) is 0 Å². The molecule has 1 saturated heterocycles. The van der Waals surface area contributed by atoms with Crippen LogP contribution in [0, 0.1) is 0 Å². The van der Waals surface area contributed by atoms with Crippen LogP contribution in [0.1, 0.15) is 24.2 Å². The Hall–Kier alpha value is -2.37. The van der Waals surface area contributed by atoms with Crippen LogP contribution >= 0.6 is 0 Å². The second kappa shape index (κ2) is 5.95. The number of hydrogen-bond acceptors (Lipinski definition) is 3. The van der Waals surface area contributed by atoms with Crippen LogP contribution in [0.3, 0.4) is 0 Å². The third kappa shape index (κ3) is 3.21. The van der Waals surface area contributed by atoms with Gasteiger partial charge in [0.25, 0.3) is 5.91 Å². The molecular weight excluding hydrogens is 270 g/mol. The summed E-state index contributed by atoms with van der Waals surface area (Å²) in [6.07, 6.45) is 0. The molecule has 6 nitrogen and oxygen atoms in total. The summed E-state index contributed by atoms with van der Waals surface area (Å²) in [5.74, 6) is -0.751. The van der Waals surface area contributed by atoms with E-state index < -0.39 is 5.54 Å². The normalized spacial score (nSPS) is 17.0. The fraction of sp³-hybridized carbons (Fsp3) is 0.400. The van der Waals surface area contributed by atoms with E-state index in [4.69, 9.17) is 0 Å². The van der Waals surface area contributed by atoms with Gasteiger partial charge in [-0.15, -0.1) is 0 Å². The molecule has 0 bridgehead atoms. The first-order valence-electron chi connectivity index (χ1n) is 6.85. The highest BCUT2D eigenvalue weighted by molar-refractivity contribution is 5.97. The molecule has 0 aromatic heterocycles. The number of carbonyl (C=O) groups excluding carboxylic acids is 3. The highest BCUT2D eigenvalue weighted by Crippen LogP contribution is 2.17. The molecule has 1 fully saturated rings.